The second-order valence-electron chi connectivity index (χ2n) is 6.73. The van der Waals surface area contributed by atoms with Crippen LogP contribution in [-0.4, -0.2) is 29.9 Å². The zero-order valence-corrected chi connectivity index (χ0v) is 16.2. The van der Waals surface area contributed by atoms with E-state index in [-0.39, 0.29) is 12.5 Å². The first-order chi connectivity index (χ1) is 13.0. The predicted octanol–water partition coefficient (Wildman–Crippen LogP) is 4.35. The molecule has 1 aliphatic heterocycles. The van der Waals surface area contributed by atoms with Crippen LogP contribution in [0.1, 0.15) is 43.4 Å². The van der Waals surface area contributed by atoms with E-state index in [1.54, 1.807) is 11.0 Å². The van der Waals surface area contributed by atoms with Crippen molar-refractivity contribution in [3.63, 3.8) is 0 Å². The van der Waals surface area contributed by atoms with Gasteiger partial charge < -0.3 is 15.5 Å². The first kappa shape index (κ1) is 19.2. The van der Waals surface area contributed by atoms with E-state index in [1.165, 1.54) is 4.90 Å². The predicted molar refractivity (Wildman–Crippen MR) is 108 cm³/mol. The Kier molecular flexibility index (Phi) is 6.01. The average Bonchev–Trinajstić information content (AvgIpc) is 2.77. The number of benzene rings is 2. The second kappa shape index (κ2) is 8.44. The van der Waals surface area contributed by atoms with E-state index < -0.39 is 12.1 Å². The van der Waals surface area contributed by atoms with Crippen LogP contribution in [0.4, 0.5) is 10.5 Å². The number of anilines is 1. The van der Waals surface area contributed by atoms with Gasteiger partial charge in [0.05, 0.1) is 6.04 Å². The molecule has 0 fully saturated rings. The third-order valence-corrected chi connectivity index (χ3v) is 5.11. The minimum absolute atomic E-state index is 0.0622. The lowest BCUT2D eigenvalue weighted by atomic mass is 9.96. The first-order valence-corrected chi connectivity index (χ1v) is 9.61. The Bertz CT molecular complexity index is 825. The Morgan fingerprint density at radius 2 is 1.93 bits per heavy atom. The molecule has 0 aromatic heterocycles. The lowest BCUT2D eigenvalue weighted by Gasteiger charge is -2.29. The highest BCUT2D eigenvalue weighted by molar-refractivity contribution is 6.30. The fourth-order valence-electron chi connectivity index (χ4n) is 3.58. The molecule has 3 amide bonds. The molecular weight excluding hydrogens is 362 g/mol. The van der Waals surface area contributed by atoms with Gasteiger partial charge in [-0.15, -0.1) is 0 Å². The molecule has 2 aromatic carbocycles. The molecule has 1 heterocycles. The molecule has 3 rings (SSSR count). The van der Waals surface area contributed by atoms with Gasteiger partial charge in [0.15, 0.2) is 0 Å². The van der Waals surface area contributed by atoms with Crippen LogP contribution in [0.3, 0.4) is 0 Å². The highest BCUT2D eigenvalue weighted by atomic mass is 35.5. The highest BCUT2D eigenvalue weighted by Gasteiger charge is 2.35. The SMILES string of the molecule is CCCCCN1C(=O)CN(C(N)=O)C(c2ccccc2)c2cc(Cl)ccc21. The van der Waals surface area contributed by atoms with Crippen LogP contribution in [0.25, 0.3) is 0 Å². The molecule has 27 heavy (non-hydrogen) atoms. The fraction of sp³-hybridized carbons (Fsp3) is 0.333. The smallest absolute Gasteiger partial charge is 0.316 e. The molecule has 0 spiro atoms. The summed E-state index contributed by atoms with van der Waals surface area (Å²) in [4.78, 5) is 28.4. The van der Waals surface area contributed by atoms with Gasteiger partial charge >= 0.3 is 6.03 Å². The van der Waals surface area contributed by atoms with Crippen LogP contribution < -0.4 is 10.6 Å². The molecule has 1 atom stereocenters. The van der Waals surface area contributed by atoms with Crippen LogP contribution in [0.15, 0.2) is 48.5 Å². The van der Waals surface area contributed by atoms with Crippen LogP contribution in [0, 0.1) is 0 Å². The third-order valence-electron chi connectivity index (χ3n) is 4.88. The maximum Gasteiger partial charge on any atom is 0.316 e. The Hall–Kier alpha value is -2.53. The lowest BCUT2D eigenvalue weighted by Crippen LogP contribution is -2.44. The molecule has 0 saturated carbocycles. The molecule has 2 N–H and O–H groups in total. The van der Waals surface area contributed by atoms with E-state index in [2.05, 4.69) is 6.92 Å². The van der Waals surface area contributed by atoms with Gasteiger partial charge in [-0.3, -0.25) is 4.79 Å². The molecule has 0 saturated heterocycles. The maximum atomic E-state index is 13.0. The van der Waals surface area contributed by atoms with Crippen molar-refractivity contribution in [2.75, 3.05) is 18.0 Å². The minimum Gasteiger partial charge on any atom is -0.351 e. The lowest BCUT2D eigenvalue weighted by molar-refractivity contribution is -0.119. The van der Waals surface area contributed by atoms with Crippen molar-refractivity contribution in [1.82, 2.24) is 4.90 Å². The van der Waals surface area contributed by atoms with Crippen molar-refractivity contribution in [3.05, 3.63) is 64.7 Å². The van der Waals surface area contributed by atoms with Gasteiger partial charge in [0.25, 0.3) is 0 Å². The number of carbonyl (C=O) groups excluding carboxylic acids is 2. The van der Waals surface area contributed by atoms with Gasteiger partial charge in [0.2, 0.25) is 5.91 Å². The fourth-order valence-corrected chi connectivity index (χ4v) is 3.76. The number of nitrogens with zero attached hydrogens (tertiary/aromatic N) is 2. The minimum atomic E-state index is -0.626. The van der Waals surface area contributed by atoms with Gasteiger partial charge in [-0.1, -0.05) is 61.7 Å². The van der Waals surface area contributed by atoms with Crippen molar-refractivity contribution in [1.29, 1.82) is 0 Å². The van der Waals surface area contributed by atoms with Gasteiger partial charge in [-0.05, 0) is 30.2 Å². The van der Waals surface area contributed by atoms with E-state index in [4.69, 9.17) is 17.3 Å². The topological polar surface area (TPSA) is 66.6 Å². The number of rotatable bonds is 5. The van der Waals surface area contributed by atoms with Crippen molar-refractivity contribution >= 4 is 29.2 Å². The molecule has 0 bridgehead atoms. The number of urea groups is 1. The number of amides is 3. The van der Waals surface area contributed by atoms with E-state index in [1.807, 2.05) is 42.5 Å². The largest absolute Gasteiger partial charge is 0.351 e. The molecule has 5 nitrogen and oxygen atoms in total. The quantitative estimate of drug-likeness (QED) is 0.777. The highest BCUT2D eigenvalue weighted by Crippen LogP contribution is 2.39. The van der Waals surface area contributed by atoms with E-state index in [0.29, 0.717) is 11.6 Å². The van der Waals surface area contributed by atoms with Crippen LogP contribution >= 0.6 is 11.6 Å². The molecule has 0 aliphatic carbocycles. The van der Waals surface area contributed by atoms with E-state index in [0.717, 1.165) is 36.1 Å². The number of unbranched alkanes of at least 4 members (excludes halogenated alkanes) is 2. The maximum absolute atomic E-state index is 13.0. The molecular formula is C21H24ClN3O2. The summed E-state index contributed by atoms with van der Waals surface area (Å²) < 4.78 is 0. The van der Waals surface area contributed by atoms with Gasteiger partial charge in [-0.2, -0.15) is 0 Å². The zero-order valence-electron chi connectivity index (χ0n) is 15.4. The molecule has 6 heteroatoms. The summed E-state index contributed by atoms with van der Waals surface area (Å²) in [7, 11) is 0. The number of hydrogen-bond donors (Lipinski definition) is 1. The Balaban J connectivity index is 2.15. The van der Waals surface area contributed by atoms with Crippen LogP contribution in [0.2, 0.25) is 5.02 Å². The van der Waals surface area contributed by atoms with Crippen molar-refractivity contribution in [2.45, 2.75) is 32.2 Å². The first-order valence-electron chi connectivity index (χ1n) is 9.23. The summed E-state index contributed by atoms with van der Waals surface area (Å²) in [6.07, 6.45) is 3.00. The van der Waals surface area contributed by atoms with Crippen LogP contribution in [0.5, 0.6) is 0 Å². The number of carbonyl (C=O) groups is 2. The summed E-state index contributed by atoms with van der Waals surface area (Å²) in [5.74, 6) is -0.132. The number of hydrogen-bond acceptors (Lipinski definition) is 2. The molecule has 1 unspecified atom stereocenters. The summed E-state index contributed by atoms with van der Waals surface area (Å²) in [5, 5.41) is 0.557. The summed E-state index contributed by atoms with van der Waals surface area (Å²) in [5.41, 5.74) is 8.17. The average molecular weight is 386 g/mol. The normalized spacial score (nSPS) is 16.8. The van der Waals surface area contributed by atoms with E-state index in [9.17, 15) is 9.59 Å². The summed E-state index contributed by atoms with van der Waals surface area (Å²) >= 11 is 6.28. The molecule has 142 valence electrons. The van der Waals surface area contributed by atoms with Crippen LogP contribution in [-0.2, 0) is 4.79 Å². The van der Waals surface area contributed by atoms with Crippen molar-refractivity contribution < 1.29 is 9.59 Å². The van der Waals surface area contributed by atoms with Gasteiger partial charge in [0, 0.05) is 22.8 Å². The number of fused-ring (bicyclic) bond motifs is 1. The third kappa shape index (κ3) is 4.08. The van der Waals surface area contributed by atoms with Crippen molar-refractivity contribution in [3.8, 4) is 0 Å². The van der Waals surface area contributed by atoms with Gasteiger partial charge in [-0.25, -0.2) is 4.79 Å². The Morgan fingerprint density at radius 3 is 2.59 bits per heavy atom. The molecule has 0 radical (unpaired) electrons. The zero-order chi connectivity index (χ0) is 19.4. The summed E-state index contributed by atoms with van der Waals surface area (Å²) in [6, 6.07) is 14.0. The van der Waals surface area contributed by atoms with E-state index >= 15 is 0 Å². The monoisotopic (exact) mass is 385 g/mol. The van der Waals surface area contributed by atoms with Gasteiger partial charge in [0.1, 0.15) is 6.54 Å². The Labute approximate surface area is 164 Å². The number of nitrogens with two attached hydrogens (primary N) is 1. The molecule has 2 aromatic rings. The Morgan fingerprint density at radius 1 is 1.19 bits per heavy atom. The standard InChI is InChI=1S/C21H24ClN3O2/c1-2-3-7-12-24-18-11-10-16(22)13-17(18)20(15-8-5-4-6-9-15)25(21(23)27)14-19(24)26/h4-6,8-11,13,20H,2-3,7,12,14H2,1H3,(H2,23,27). The second-order valence-corrected chi connectivity index (χ2v) is 7.17. The number of primary amides is 1. The molecule has 1 aliphatic rings. The summed E-state index contributed by atoms with van der Waals surface area (Å²) in [6.45, 7) is 2.67. The van der Waals surface area contributed by atoms with Crippen molar-refractivity contribution in [2.24, 2.45) is 5.73 Å². The number of halogens is 1.